The molecule has 0 atom stereocenters. The Bertz CT molecular complexity index is 206. The standard InChI is InChI=1S/C7H8FNO/c1-5(6(2)10)7(8)4-9-3/h4,10H,1-3H2/b7-4+. The van der Waals surface area contributed by atoms with Crippen LogP contribution in [-0.4, -0.2) is 11.8 Å². The number of rotatable bonds is 3. The minimum atomic E-state index is -0.734. The van der Waals surface area contributed by atoms with E-state index in [0.717, 1.165) is 6.20 Å². The fraction of sp³-hybridized carbons (Fsp3) is 0. The summed E-state index contributed by atoms with van der Waals surface area (Å²) in [5.41, 5.74) is -0.174. The van der Waals surface area contributed by atoms with Crippen molar-refractivity contribution in [2.45, 2.75) is 0 Å². The number of halogens is 1. The molecular weight excluding hydrogens is 133 g/mol. The minimum Gasteiger partial charge on any atom is -0.508 e. The predicted molar refractivity (Wildman–Crippen MR) is 39.6 cm³/mol. The van der Waals surface area contributed by atoms with Gasteiger partial charge in [-0.25, -0.2) is 4.39 Å². The maximum Gasteiger partial charge on any atom is 0.151 e. The van der Waals surface area contributed by atoms with Crippen LogP contribution in [0.2, 0.25) is 0 Å². The highest BCUT2D eigenvalue weighted by Crippen LogP contribution is 2.14. The topological polar surface area (TPSA) is 32.6 Å². The van der Waals surface area contributed by atoms with Gasteiger partial charge in [0.15, 0.2) is 5.83 Å². The minimum absolute atomic E-state index is 0.174. The van der Waals surface area contributed by atoms with E-state index in [1.807, 2.05) is 0 Å². The zero-order valence-corrected chi connectivity index (χ0v) is 5.47. The summed E-state index contributed by atoms with van der Waals surface area (Å²) in [7, 11) is 0. The molecule has 0 fully saturated rings. The summed E-state index contributed by atoms with van der Waals surface area (Å²) < 4.78 is 12.5. The highest BCUT2D eigenvalue weighted by atomic mass is 19.1. The second-order valence-corrected chi connectivity index (χ2v) is 1.58. The van der Waals surface area contributed by atoms with Crippen molar-refractivity contribution in [1.82, 2.24) is 0 Å². The Morgan fingerprint density at radius 3 is 2.30 bits per heavy atom. The van der Waals surface area contributed by atoms with Crippen molar-refractivity contribution in [1.29, 1.82) is 0 Å². The third kappa shape index (κ3) is 2.26. The van der Waals surface area contributed by atoms with E-state index < -0.39 is 11.6 Å². The van der Waals surface area contributed by atoms with Crippen molar-refractivity contribution >= 4 is 6.72 Å². The second-order valence-electron chi connectivity index (χ2n) is 1.58. The summed E-state index contributed by atoms with van der Waals surface area (Å²) in [4.78, 5) is 3.14. The molecule has 10 heavy (non-hydrogen) atoms. The van der Waals surface area contributed by atoms with Gasteiger partial charge >= 0.3 is 0 Å². The molecule has 0 saturated heterocycles. The van der Waals surface area contributed by atoms with E-state index in [2.05, 4.69) is 24.9 Å². The summed E-state index contributed by atoms with van der Waals surface area (Å²) in [6.45, 7) is 9.29. The van der Waals surface area contributed by atoms with Crippen LogP contribution in [0.5, 0.6) is 0 Å². The molecule has 0 aliphatic heterocycles. The molecule has 0 aliphatic carbocycles. The molecule has 0 bridgehead atoms. The van der Waals surface area contributed by atoms with E-state index in [4.69, 9.17) is 5.11 Å². The van der Waals surface area contributed by atoms with Gasteiger partial charge in [-0.3, -0.25) is 4.99 Å². The monoisotopic (exact) mass is 141 g/mol. The van der Waals surface area contributed by atoms with Crippen molar-refractivity contribution in [3.63, 3.8) is 0 Å². The van der Waals surface area contributed by atoms with Crippen molar-refractivity contribution < 1.29 is 9.50 Å². The fourth-order valence-electron chi connectivity index (χ4n) is 0.296. The zero-order chi connectivity index (χ0) is 8.15. The number of aliphatic hydroxyl groups excluding tert-OH is 1. The first-order valence-corrected chi connectivity index (χ1v) is 2.48. The molecule has 54 valence electrons. The first kappa shape index (κ1) is 8.62. The lowest BCUT2D eigenvalue weighted by Gasteiger charge is -1.96. The summed E-state index contributed by atoms with van der Waals surface area (Å²) >= 11 is 0. The predicted octanol–water partition coefficient (Wildman–Crippen LogP) is 2.13. The summed E-state index contributed by atoms with van der Waals surface area (Å²) in [5.74, 6) is -1.14. The Morgan fingerprint density at radius 2 is 2.00 bits per heavy atom. The molecule has 2 nitrogen and oxygen atoms in total. The van der Waals surface area contributed by atoms with Crippen molar-refractivity contribution in [3.05, 3.63) is 36.5 Å². The Morgan fingerprint density at radius 1 is 1.50 bits per heavy atom. The Labute approximate surface area is 58.7 Å². The van der Waals surface area contributed by atoms with Crippen molar-refractivity contribution in [2.24, 2.45) is 4.99 Å². The fourth-order valence-corrected chi connectivity index (χ4v) is 0.296. The lowest BCUT2D eigenvalue weighted by molar-refractivity contribution is 0.422. The third-order valence-corrected chi connectivity index (χ3v) is 0.841. The van der Waals surface area contributed by atoms with E-state index >= 15 is 0 Å². The molecule has 0 saturated carbocycles. The largest absolute Gasteiger partial charge is 0.508 e. The first-order valence-electron chi connectivity index (χ1n) is 2.48. The number of hydrogen-bond acceptors (Lipinski definition) is 2. The van der Waals surface area contributed by atoms with Crippen LogP contribution < -0.4 is 0 Å². The van der Waals surface area contributed by atoms with Crippen LogP contribution in [0, 0.1) is 0 Å². The van der Waals surface area contributed by atoms with E-state index in [1.165, 1.54) is 0 Å². The highest BCUT2D eigenvalue weighted by Gasteiger charge is 2.02. The van der Waals surface area contributed by atoms with Crippen LogP contribution in [-0.2, 0) is 0 Å². The van der Waals surface area contributed by atoms with Crippen LogP contribution in [0.15, 0.2) is 41.5 Å². The number of aliphatic hydroxyl groups is 1. The Kier molecular flexibility index (Phi) is 3.11. The molecular formula is C7H8FNO. The van der Waals surface area contributed by atoms with Crippen LogP contribution in [0.1, 0.15) is 0 Å². The third-order valence-electron chi connectivity index (χ3n) is 0.841. The van der Waals surface area contributed by atoms with Gasteiger partial charge in [-0.05, 0) is 6.72 Å². The van der Waals surface area contributed by atoms with Crippen molar-refractivity contribution in [3.8, 4) is 0 Å². The molecule has 3 heteroatoms. The van der Waals surface area contributed by atoms with E-state index in [-0.39, 0.29) is 5.57 Å². The molecule has 0 aromatic rings. The average Bonchev–Trinajstić information content (AvgIpc) is 1.87. The molecule has 0 aliphatic rings. The Balaban J connectivity index is 4.36. The molecule has 0 aromatic carbocycles. The highest BCUT2D eigenvalue weighted by molar-refractivity contribution is 5.37. The van der Waals surface area contributed by atoms with E-state index in [1.54, 1.807) is 0 Å². The maximum atomic E-state index is 12.5. The van der Waals surface area contributed by atoms with E-state index in [0.29, 0.717) is 0 Å². The normalized spacial score (nSPS) is 10.7. The quantitative estimate of drug-likeness (QED) is 0.364. The van der Waals surface area contributed by atoms with Gasteiger partial charge in [0.1, 0.15) is 5.76 Å². The first-order chi connectivity index (χ1) is 4.59. The second kappa shape index (κ2) is 3.61. The molecule has 0 aromatic heterocycles. The molecule has 1 N–H and O–H groups in total. The Hall–Kier alpha value is -1.38. The number of aliphatic imine (C=N–C) groups is 1. The lowest BCUT2D eigenvalue weighted by Crippen LogP contribution is -1.84. The van der Waals surface area contributed by atoms with Gasteiger partial charge < -0.3 is 5.11 Å². The number of nitrogens with zero attached hydrogens (tertiary/aromatic N) is 1. The smallest absolute Gasteiger partial charge is 0.151 e. The molecule has 0 rings (SSSR count). The van der Waals surface area contributed by atoms with Gasteiger partial charge in [0.05, 0.1) is 6.20 Å². The van der Waals surface area contributed by atoms with Crippen LogP contribution in [0.4, 0.5) is 4.39 Å². The number of allylic oxidation sites excluding steroid dienone is 1. The van der Waals surface area contributed by atoms with Crippen molar-refractivity contribution in [2.75, 3.05) is 0 Å². The zero-order valence-electron chi connectivity index (χ0n) is 5.47. The summed E-state index contributed by atoms with van der Waals surface area (Å²) in [6, 6.07) is 0. The van der Waals surface area contributed by atoms with E-state index in [9.17, 15) is 4.39 Å². The van der Waals surface area contributed by atoms with Gasteiger partial charge in [-0.2, -0.15) is 0 Å². The van der Waals surface area contributed by atoms with Gasteiger partial charge in [0.25, 0.3) is 0 Å². The molecule has 0 radical (unpaired) electrons. The molecule has 0 amide bonds. The lowest BCUT2D eigenvalue weighted by atomic mass is 10.2. The summed E-state index contributed by atoms with van der Waals surface area (Å²) in [5, 5.41) is 8.58. The van der Waals surface area contributed by atoms with Gasteiger partial charge in [-0.1, -0.05) is 13.2 Å². The van der Waals surface area contributed by atoms with Gasteiger partial charge in [0.2, 0.25) is 0 Å². The molecule has 0 spiro atoms. The molecule has 0 unspecified atom stereocenters. The van der Waals surface area contributed by atoms with Gasteiger partial charge in [0, 0.05) is 5.57 Å². The van der Waals surface area contributed by atoms with Crippen LogP contribution in [0.25, 0.3) is 0 Å². The summed E-state index contributed by atoms with van der Waals surface area (Å²) in [6.07, 6.45) is 0.851. The molecule has 0 heterocycles. The number of hydrogen-bond donors (Lipinski definition) is 1. The van der Waals surface area contributed by atoms with Gasteiger partial charge in [-0.15, -0.1) is 0 Å². The maximum absolute atomic E-state index is 12.5. The average molecular weight is 141 g/mol. The van der Waals surface area contributed by atoms with Crippen LogP contribution >= 0.6 is 0 Å². The SMILES string of the molecule is C=N/C=C(/F)C(=C)C(=C)O. The van der Waals surface area contributed by atoms with Crippen LogP contribution in [0.3, 0.4) is 0 Å².